The molecule has 0 atom stereocenters. The van der Waals surface area contributed by atoms with E-state index >= 15 is 0 Å². The molecule has 1 aliphatic rings. The first-order valence-corrected chi connectivity index (χ1v) is 6.07. The molecule has 0 N–H and O–H groups in total. The topological polar surface area (TPSA) is 23.1 Å². The average Bonchev–Trinajstić information content (AvgIpc) is 2.29. The molecule has 0 radical (unpaired) electrons. The van der Waals surface area contributed by atoms with Crippen molar-refractivity contribution in [1.29, 1.82) is 0 Å². The maximum Gasteiger partial charge on any atom is 1.00 e. The van der Waals surface area contributed by atoms with Crippen LogP contribution in [0.3, 0.4) is 0 Å². The Labute approximate surface area is 116 Å². The van der Waals surface area contributed by atoms with Gasteiger partial charge < -0.3 is 5.11 Å². The predicted molar refractivity (Wildman–Crippen MR) is 65.6 cm³/mol. The molecule has 17 heavy (non-hydrogen) atoms. The Balaban J connectivity index is 0.00000144. The molecule has 1 aromatic rings. The molecule has 2 rings (SSSR count). The van der Waals surface area contributed by atoms with E-state index in [1.165, 1.54) is 6.42 Å². The standard InChI is InChI=1S/C15H20O.Li/c1-15(2)11-7-6-10-13(15)14(16)12-8-4-3-5-9-12;/h3-5,8-9,16H,6-7,10-11H2,1-2H3;/q;+1/p-1/b14-13-;. The molecule has 1 aromatic carbocycles. The van der Waals surface area contributed by atoms with Crippen molar-refractivity contribution in [3.63, 3.8) is 0 Å². The molecule has 1 saturated carbocycles. The third-order valence-electron chi connectivity index (χ3n) is 3.61. The number of rotatable bonds is 1. The zero-order valence-corrected chi connectivity index (χ0v) is 11.1. The van der Waals surface area contributed by atoms with Crippen LogP contribution in [0.4, 0.5) is 0 Å². The van der Waals surface area contributed by atoms with Crippen LogP contribution in [-0.2, 0) is 0 Å². The summed E-state index contributed by atoms with van der Waals surface area (Å²) in [6.07, 6.45) is 4.53. The number of benzene rings is 1. The van der Waals surface area contributed by atoms with Gasteiger partial charge in [-0.1, -0.05) is 56.2 Å². The van der Waals surface area contributed by atoms with E-state index < -0.39 is 0 Å². The second-order valence-corrected chi connectivity index (χ2v) is 5.26. The van der Waals surface area contributed by atoms with Crippen molar-refractivity contribution in [2.45, 2.75) is 39.5 Å². The minimum Gasteiger partial charge on any atom is -0.872 e. The third-order valence-corrected chi connectivity index (χ3v) is 3.61. The summed E-state index contributed by atoms with van der Waals surface area (Å²) in [5, 5.41) is 12.4. The van der Waals surface area contributed by atoms with Gasteiger partial charge in [-0.2, -0.15) is 0 Å². The van der Waals surface area contributed by atoms with Crippen LogP contribution in [0.15, 0.2) is 35.9 Å². The van der Waals surface area contributed by atoms with Gasteiger partial charge in [-0.25, -0.2) is 0 Å². The van der Waals surface area contributed by atoms with Crippen LogP contribution < -0.4 is 24.0 Å². The van der Waals surface area contributed by atoms with Crippen LogP contribution in [0.2, 0.25) is 0 Å². The summed E-state index contributed by atoms with van der Waals surface area (Å²) in [5.41, 5.74) is 2.04. The first kappa shape index (κ1) is 14.4. The SMILES string of the molecule is CC1(C)CCCC/C1=C(/[O-])c1ccccc1.[Li+]. The van der Waals surface area contributed by atoms with Gasteiger partial charge in [0.1, 0.15) is 0 Å². The van der Waals surface area contributed by atoms with Crippen molar-refractivity contribution in [3.05, 3.63) is 41.5 Å². The largest absolute Gasteiger partial charge is 1.00 e. The first-order valence-electron chi connectivity index (χ1n) is 6.07. The molecule has 0 heterocycles. The van der Waals surface area contributed by atoms with E-state index in [2.05, 4.69) is 13.8 Å². The fraction of sp³-hybridized carbons (Fsp3) is 0.467. The van der Waals surface area contributed by atoms with Crippen LogP contribution in [0.1, 0.15) is 45.1 Å². The summed E-state index contributed by atoms with van der Waals surface area (Å²) < 4.78 is 0. The van der Waals surface area contributed by atoms with Crippen LogP contribution in [-0.4, -0.2) is 0 Å². The molecule has 0 aromatic heterocycles. The number of allylic oxidation sites excluding steroid dienone is 1. The van der Waals surface area contributed by atoms with Gasteiger partial charge in [0, 0.05) is 0 Å². The van der Waals surface area contributed by atoms with Crippen molar-refractivity contribution in [1.82, 2.24) is 0 Å². The number of hydrogen-bond acceptors (Lipinski definition) is 1. The fourth-order valence-electron chi connectivity index (χ4n) is 2.54. The van der Waals surface area contributed by atoms with Gasteiger partial charge in [-0.05, 0) is 30.2 Å². The Kier molecular flexibility index (Phi) is 4.92. The van der Waals surface area contributed by atoms with Crippen molar-refractivity contribution < 1.29 is 24.0 Å². The van der Waals surface area contributed by atoms with Gasteiger partial charge in [-0.15, -0.1) is 5.76 Å². The second kappa shape index (κ2) is 5.80. The van der Waals surface area contributed by atoms with Gasteiger partial charge in [0.05, 0.1) is 0 Å². The molecule has 0 amide bonds. The Bertz CT molecular complexity index is 393. The van der Waals surface area contributed by atoms with Gasteiger partial charge in [0.25, 0.3) is 0 Å². The van der Waals surface area contributed by atoms with Crippen molar-refractivity contribution in [3.8, 4) is 0 Å². The zero-order chi connectivity index (χ0) is 11.6. The van der Waals surface area contributed by atoms with Gasteiger partial charge >= 0.3 is 18.9 Å². The third kappa shape index (κ3) is 3.18. The Morgan fingerprint density at radius 3 is 2.35 bits per heavy atom. The van der Waals surface area contributed by atoms with Crippen LogP contribution >= 0.6 is 0 Å². The van der Waals surface area contributed by atoms with Crippen molar-refractivity contribution >= 4 is 5.76 Å². The molecule has 86 valence electrons. The minimum atomic E-state index is 0. The molecule has 1 aliphatic carbocycles. The molecular weight excluding hydrogens is 203 g/mol. The van der Waals surface area contributed by atoms with E-state index in [0.717, 1.165) is 30.4 Å². The summed E-state index contributed by atoms with van der Waals surface area (Å²) in [4.78, 5) is 0. The molecule has 0 spiro atoms. The van der Waals surface area contributed by atoms with E-state index in [0.29, 0.717) is 0 Å². The molecule has 1 nitrogen and oxygen atoms in total. The van der Waals surface area contributed by atoms with E-state index in [-0.39, 0.29) is 30.0 Å². The zero-order valence-electron chi connectivity index (χ0n) is 11.1. The van der Waals surface area contributed by atoms with Crippen LogP contribution in [0.25, 0.3) is 5.76 Å². The molecular formula is C15H19LiO. The van der Waals surface area contributed by atoms with Gasteiger partial charge in [-0.3, -0.25) is 0 Å². The predicted octanol–water partition coefficient (Wildman–Crippen LogP) is 0.362. The Hall–Kier alpha value is -0.643. The Morgan fingerprint density at radius 1 is 1.12 bits per heavy atom. The first-order chi connectivity index (χ1) is 7.61. The monoisotopic (exact) mass is 222 g/mol. The average molecular weight is 222 g/mol. The maximum atomic E-state index is 12.4. The summed E-state index contributed by atoms with van der Waals surface area (Å²) in [6.45, 7) is 4.39. The summed E-state index contributed by atoms with van der Waals surface area (Å²) in [5.74, 6) is 0.255. The van der Waals surface area contributed by atoms with Crippen molar-refractivity contribution in [2.24, 2.45) is 5.41 Å². The van der Waals surface area contributed by atoms with E-state index in [9.17, 15) is 5.11 Å². The van der Waals surface area contributed by atoms with E-state index in [1.54, 1.807) is 0 Å². The van der Waals surface area contributed by atoms with Crippen molar-refractivity contribution in [2.75, 3.05) is 0 Å². The van der Waals surface area contributed by atoms with Gasteiger partial charge in [0.2, 0.25) is 0 Å². The second-order valence-electron chi connectivity index (χ2n) is 5.26. The summed E-state index contributed by atoms with van der Waals surface area (Å²) in [7, 11) is 0. The molecule has 1 fully saturated rings. The smallest absolute Gasteiger partial charge is 0.872 e. The Morgan fingerprint density at radius 2 is 1.76 bits per heavy atom. The fourth-order valence-corrected chi connectivity index (χ4v) is 2.54. The normalized spacial score (nSPS) is 21.5. The quantitative estimate of drug-likeness (QED) is 0.497. The summed E-state index contributed by atoms with van der Waals surface area (Å²) in [6, 6.07) is 9.65. The van der Waals surface area contributed by atoms with Crippen LogP contribution in [0, 0.1) is 5.41 Å². The van der Waals surface area contributed by atoms with Crippen LogP contribution in [0.5, 0.6) is 0 Å². The number of hydrogen-bond donors (Lipinski definition) is 0. The van der Waals surface area contributed by atoms with E-state index in [1.807, 2.05) is 30.3 Å². The molecule has 0 bridgehead atoms. The minimum absolute atomic E-state index is 0. The summed E-state index contributed by atoms with van der Waals surface area (Å²) >= 11 is 0. The molecule has 0 saturated heterocycles. The molecule has 2 heteroatoms. The van der Waals surface area contributed by atoms with E-state index in [4.69, 9.17) is 0 Å². The maximum absolute atomic E-state index is 12.4. The molecule has 0 unspecified atom stereocenters. The molecule has 0 aliphatic heterocycles. The van der Waals surface area contributed by atoms with Gasteiger partial charge in [0.15, 0.2) is 0 Å².